The number of methoxy groups -OCH3 is 1. The molecule has 0 saturated heterocycles. The van der Waals surface area contributed by atoms with Crippen molar-refractivity contribution in [1.29, 1.82) is 0 Å². The lowest BCUT2D eigenvalue weighted by molar-refractivity contribution is 0.0495. The second-order valence-corrected chi connectivity index (χ2v) is 12.8. The molecule has 5 nitrogen and oxygen atoms in total. The van der Waals surface area contributed by atoms with Gasteiger partial charge in [0, 0.05) is 28.4 Å². The molecule has 0 aliphatic heterocycles. The Morgan fingerprint density at radius 2 is 0.848 bits per heavy atom. The van der Waals surface area contributed by atoms with Crippen LogP contribution in [0.1, 0.15) is 136 Å². The summed E-state index contributed by atoms with van der Waals surface area (Å²) in [5, 5.41) is 2.76. The Morgan fingerprint density at radius 1 is 0.478 bits per heavy atom. The summed E-state index contributed by atoms with van der Waals surface area (Å²) in [6, 6.07) is 24.0. The zero-order valence-corrected chi connectivity index (χ0v) is 28.2. The predicted octanol–water partition coefficient (Wildman–Crippen LogP) is 11.5. The number of para-hydroxylation sites is 2. The van der Waals surface area contributed by atoms with Crippen LogP contribution in [0, 0.1) is 0 Å². The second kappa shape index (κ2) is 20.5. The Labute approximate surface area is 276 Å². The van der Waals surface area contributed by atoms with Crippen LogP contribution in [0.4, 0.5) is 0 Å². The molecule has 0 bridgehead atoms. The van der Waals surface area contributed by atoms with Crippen LogP contribution >= 0.6 is 0 Å². The average Bonchev–Trinajstić information content (AvgIpc) is 3.42. The van der Waals surface area contributed by atoms with Gasteiger partial charge >= 0.3 is 11.9 Å². The topological polar surface area (TPSA) is 57.5 Å². The summed E-state index contributed by atoms with van der Waals surface area (Å²) in [7, 11) is 1.34. The maximum atomic E-state index is 12.1. The van der Waals surface area contributed by atoms with Gasteiger partial charge in [-0.1, -0.05) is 139 Å². The van der Waals surface area contributed by atoms with Gasteiger partial charge in [0.1, 0.15) is 0 Å². The van der Waals surface area contributed by atoms with Crippen LogP contribution in [-0.4, -0.2) is 30.2 Å². The first-order valence-corrected chi connectivity index (χ1v) is 18.0. The molecule has 0 radical (unpaired) electrons. The lowest BCUT2D eigenvalue weighted by Gasteiger charge is -2.08. The number of nitrogens with zero attached hydrogens (tertiary/aromatic N) is 1. The van der Waals surface area contributed by atoms with Crippen molar-refractivity contribution in [2.45, 2.75) is 122 Å². The third kappa shape index (κ3) is 11.3. The summed E-state index contributed by atoms with van der Waals surface area (Å²) < 4.78 is 12.6. The van der Waals surface area contributed by atoms with E-state index in [-0.39, 0.29) is 5.97 Å². The van der Waals surface area contributed by atoms with E-state index in [1.165, 1.54) is 132 Å². The SMILES string of the molecule is COC(=O)c1ccc(C(=O)OCCCCCCCCCCCCCCCCCCCCn2c3ccccc3c3ccccc32)cc1. The molecule has 0 fully saturated rings. The summed E-state index contributed by atoms with van der Waals surface area (Å²) >= 11 is 0. The highest BCUT2D eigenvalue weighted by Crippen LogP contribution is 2.29. The maximum absolute atomic E-state index is 12.1. The van der Waals surface area contributed by atoms with Gasteiger partial charge in [0.15, 0.2) is 0 Å². The Bertz CT molecular complexity index is 1400. The highest BCUT2D eigenvalue weighted by molar-refractivity contribution is 6.07. The lowest BCUT2D eigenvalue weighted by atomic mass is 10.0. The van der Waals surface area contributed by atoms with Crippen molar-refractivity contribution in [2.24, 2.45) is 0 Å². The number of aryl methyl sites for hydroxylation is 1. The molecule has 46 heavy (non-hydrogen) atoms. The van der Waals surface area contributed by atoms with E-state index in [1.54, 1.807) is 24.3 Å². The Kier molecular flexibility index (Phi) is 15.7. The van der Waals surface area contributed by atoms with E-state index in [0.717, 1.165) is 19.4 Å². The van der Waals surface area contributed by atoms with Gasteiger partial charge in [0.05, 0.1) is 24.8 Å². The van der Waals surface area contributed by atoms with Crippen LogP contribution in [0.15, 0.2) is 72.8 Å². The predicted molar refractivity (Wildman–Crippen MR) is 191 cm³/mol. The standard InChI is InChI=1S/C41H55NO4/c1-45-40(43)34-28-30-35(31-29-34)41(44)46-33-23-17-15-13-11-9-7-5-3-2-4-6-8-10-12-14-16-22-32-42-38-26-20-18-24-36(38)37-25-19-21-27-39(37)42/h18-21,24-31H,2-17,22-23,32-33H2,1H3. The molecule has 248 valence electrons. The molecular weight excluding hydrogens is 570 g/mol. The minimum absolute atomic E-state index is 0.338. The molecule has 3 aromatic carbocycles. The number of rotatable bonds is 23. The third-order valence-corrected chi connectivity index (χ3v) is 9.23. The van der Waals surface area contributed by atoms with Crippen LogP contribution in [0.25, 0.3) is 21.8 Å². The van der Waals surface area contributed by atoms with E-state index in [2.05, 4.69) is 57.8 Å². The van der Waals surface area contributed by atoms with Gasteiger partial charge in [-0.3, -0.25) is 0 Å². The van der Waals surface area contributed by atoms with Crippen LogP contribution < -0.4 is 0 Å². The number of esters is 2. The number of hydrogen-bond donors (Lipinski definition) is 0. The van der Waals surface area contributed by atoms with Crippen molar-refractivity contribution >= 4 is 33.7 Å². The Morgan fingerprint density at radius 3 is 1.28 bits per heavy atom. The fraction of sp³-hybridized carbons (Fsp3) is 0.512. The summed E-state index contributed by atoms with van der Waals surface area (Å²) in [5.41, 5.74) is 3.63. The smallest absolute Gasteiger partial charge is 0.338 e. The minimum Gasteiger partial charge on any atom is -0.465 e. The highest BCUT2D eigenvalue weighted by atomic mass is 16.5. The van der Waals surface area contributed by atoms with Crippen LogP contribution in [-0.2, 0) is 16.0 Å². The fourth-order valence-electron chi connectivity index (χ4n) is 6.55. The number of hydrogen-bond acceptors (Lipinski definition) is 4. The molecule has 0 spiro atoms. The van der Waals surface area contributed by atoms with Gasteiger partial charge in [0.25, 0.3) is 0 Å². The summed E-state index contributed by atoms with van der Waals surface area (Å²) in [5.74, 6) is -0.749. The molecule has 1 heterocycles. The van der Waals surface area contributed by atoms with Crippen molar-refractivity contribution in [2.75, 3.05) is 13.7 Å². The van der Waals surface area contributed by atoms with Crippen molar-refractivity contribution in [3.8, 4) is 0 Å². The van der Waals surface area contributed by atoms with E-state index in [4.69, 9.17) is 4.74 Å². The first-order chi connectivity index (χ1) is 22.7. The monoisotopic (exact) mass is 625 g/mol. The molecule has 5 heteroatoms. The molecule has 0 aliphatic rings. The van der Waals surface area contributed by atoms with Gasteiger partial charge in [-0.05, 0) is 49.2 Å². The zero-order valence-electron chi connectivity index (χ0n) is 28.2. The Hall–Kier alpha value is -3.60. The van der Waals surface area contributed by atoms with Gasteiger partial charge in [-0.15, -0.1) is 0 Å². The minimum atomic E-state index is -0.411. The number of carbonyl (C=O) groups excluding carboxylic acids is 2. The van der Waals surface area contributed by atoms with E-state index in [9.17, 15) is 9.59 Å². The summed E-state index contributed by atoms with van der Waals surface area (Å²) in [6.07, 6.45) is 23.6. The van der Waals surface area contributed by atoms with Gasteiger partial charge < -0.3 is 14.0 Å². The largest absolute Gasteiger partial charge is 0.465 e. The number of fused-ring (bicyclic) bond motifs is 3. The van der Waals surface area contributed by atoms with E-state index in [0.29, 0.717) is 17.7 Å². The normalized spacial score (nSPS) is 11.3. The molecule has 0 amide bonds. The van der Waals surface area contributed by atoms with Crippen LogP contribution in [0.5, 0.6) is 0 Å². The number of ether oxygens (including phenoxy) is 2. The van der Waals surface area contributed by atoms with Crippen LogP contribution in [0.3, 0.4) is 0 Å². The quantitative estimate of drug-likeness (QED) is 0.0608. The third-order valence-electron chi connectivity index (χ3n) is 9.23. The number of benzene rings is 3. The molecule has 0 atom stereocenters. The molecule has 0 unspecified atom stereocenters. The number of unbranched alkanes of at least 4 members (excludes halogenated alkanes) is 17. The van der Waals surface area contributed by atoms with Crippen molar-refractivity contribution < 1.29 is 19.1 Å². The number of aromatic nitrogens is 1. The first kappa shape index (κ1) is 35.3. The molecule has 0 N–H and O–H groups in total. The second-order valence-electron chi connectivity index (χ2n) is 12.8. The molecule has 0 aliphatic carbocycles. The molecular formula is C41H55NO4. The highest BCUT2D eigenvalue weighted by Gasteiger charge is 2.11. The first-order valence-electron chi connectivity index (χ1n) is 18.0. The van der Waals surface area contributed by atoms with Crippen molar-refractivity contribution in [3.05, 3.63) is 83.9 Å². The average molecular weight is 626 g/mol. The van der Waals surface area contributed by atoms with Gasteiger partial charge in [-0.2, -0.15) is 0 Å². The molecule has 0 saturated carbocycles. The molecule has 4 aromatic rings. The molecule has 4 rings (SSSR count). The van der Waals surface area contributed by atoms with E-state index < -0.39 is 5.97 Å². The summed E-state index contributed by atoms with van der Waals surface area (Å²) in [6.45, 7) is 1.56. The fourth-order valence-corrected chi connectivity index (χ4v) is 6.55. The summed E-state index contributed by atoms with van der Waals surface area (Å²) in [4.78, 5) is 23.6. The molecule has 1 aromatic heterocycles. The van der Waals surface area contributed by atoms with Crippen molar-refractivity contribution in [1.82, 2.24) is 4.57 Å². The number of carbonyl (C=O) groups is 2. The zero-order chi connectivity index (χ0) is 32.2. The van der Waals surface area contributed by atoms with Gasteiger partial charge in [0.2, 0.25) is 0 Å². The maximum Gasteiger partial charge on any atom is 0.338 e. The van der Waals surface area contributed by atoms with Crippen LogP contribution in [0.2, 0.25) is 0 Å². The van der Waals surface area contributed by atoms with E-state index in [1.807, 2.05) is 0 Å². The Balaban J connectivity index is 0.883. The van der Waals surface area contributed by atoms with Crippen molar-refractivity contribution in [3.63, 3.8) is 0 Å². The van der Waals surface area contributed by atoms with Gasteiger partial charge in [-0.25, -0.2) is 9.59 Å². The lowest BCUT2D eigenvalue weighted by Crippen LogP contribution is -2.07. The van der Waals surface area contributed by atoms with E-state index >= 15 is 0 Å².